The SMILES string of the molecule is COc1ccc(Cl)c(OC)c1C(=O)P.[CH-]1CCCCC1.[Li+]. The molecule has 1 aromatic carbocycles. The van der Waals surface area contributed by atoms with E-state index >= 15 is 0 Å². The summed E-state index contributed by atoms with van der Waals surface area (Å²) in [6.07, 6.45) is 9.50. The van der Waals surface area contributed by atoms with Gasteiger partial charge in [0, 0.05) is 0 Å². The van der Waals surface area contributed by atoms with E-state index in [0.717, 1.165) is 0 Å². The Kier molecular flexibility index (Phi) is 11.3. The van der Waals surface area contributed by atoms with Crippen LogP contribution in [-0.2, 0) is 0 Å². The van der Waals surface area contributed by atoms with E-state index in [4.69, 9.17) is 21.1 Å². The molecule has 3 nitrogen and oxygen atoms in total. The molecule has 1 aliphatic carbocycles. The van der Waals surface area contributed by atoms with Gasteiger partial charge in [-0.05, 0) is 12.1 Å². The van der Waals surface area contributed by atoms with Crippen LogP contribution in [0.4, 0.5) is 0 Å². The summed E-state index contributed by atoms with van der Waals surface area (Å²) >= 11 is 5.86. The van der Waals surface area contributed by atoms with Gasteiger partial charge >= 0.3 is 18.9 Å². The third-order valence-electron chi connectivity index (χ3n) is 3.06. The summed E-state index contributed by atoms with van der Waals surface area (Å²) < 4.78 is 10.1. The fourth-order valence-electron chi connectivity index (χ4n) is 2.04. The molecule has 0 aromatic heterocycles. The Labute approximate surface area is 146 Å². The van der Waals surface area contributed by atoms with Crippen LogP contribution in [0.1, 0.15) is 42.5 Å². The summed E-state index contributed by atoms with van der Waals surface area (Å²) in [5.41, 5.74) is 0.119. The van der Waals surface area contributed by atoms with E-state index in [1.165, 1.54) is 46.3 Å². The van der Waals surface area contributed by atoms with Crippen molar-refractivity contribution in [2.24, 2.45) is 0 Å². The third-order valence-corrected chi connectivity index (χ3v) is 3.64. The van der Waals surface area contributed by atoms with Gasteiger partial charge in [-0.1, -0.05) is 40.1 Å². The zero-order valence-electron chi connectivity index (χ0n) is 12.9. The van der Waals surface area contributed by atoms with E-state index in [0.29, 0.717) is 22.1 Å². The fourth-order valence-corrected chi connectivity index (χ4v) is 2.55. The van der Waals surface area contributed by atoms with E-state index in [1.807, 2.05) is 0 Å². The fraction of sp³-hybridized carbons (Fsp3) is 0.467. The molecule has 1 saturated carbocycles. The maximum Gasteiger partial charge on any atom is 1.00 e. The first-order valence-corrected chi connectivity index (χ1v) is 7.59. The molecule has 112 valence electrons. The normalized spacial score (nSPS) is 13.3. The molecule has 1 fully saturated rings. The minimum Gasteiger partial charge on any atom is -0.496 e. The van der Waals surface area contributed by atoms with Gasteiger partial charge in [-0.2, -0.15) is 12.8 Å². The van der Waals surface area contributed by atoms with Gasteiger partial charge < -0.3 is 15.9 Å². The molecule has 1 aliphatic rings. The molecular weight excluding hydrogens is 302 g/mol. The first-order valence-electron chi connectivity index (χ1n) is 6.63. The standard InChI is InChI=1S/C9H10ClO3P.C6H11.Li/c1-12-6-4-3-5(10)8(13-2)7(6)9(11)14;1-2-4-6-5-3-1;/h3-4H,14H2,1-2H3;1H,2-6H2;/q;-1;+1. The van der Waals surface area contributed by atoms with Crippen molar-refractivity contribution < 1.29 is 33.1 Å². The predicted octanol–water partition coefficient (Wildman–Crippen LogP) is 1.53. The van der Waals surface area contributed by atoms with Crippen LogP contribution in [-0.4, -0.2) is 19.7 Å². The quantitative estimate of drug-likeness (QED) is 0.481. The molecule has 1 unspecified atom stereocenters. The van der Waals surface area contributed by atoms with Gasteiger partial charge in [-0.3, -0.25) is 4.79 Å². The summed E-state index contributed by atoms with van der Waals surface area (Å²) in [7, 11) is 5.01. The van der Waals surface area contributed by atoms with Gasteiger partial charge in [-0.15, -0.1) is 0 Å². The van der Waals surface area contributed by atoms with E-state index in [-0.39, 0.29) is 24.4 Å². The van der Waals surface area contributed by atoms with Crippen molar-refractivity contribution in [2.75, 3.05) is 14.2 Å². The van der Waals surface area contributed by atoms with Gasteiger partial charge in [0.25, 0.3) is 0 Å². The maximum atomic E-state index is 11.3. The Hall–Kier alpha value is -0.193. The molecular formula is C15H21ClLiO3P. The van der Waals surface area contributed by atoms with Gasteiger partial charge in [-0.25, -0.2) is 0 Å². The van der Waals surface area contributed by atoms with Crippen LogP contribution in [0.2, 0.25) is 5.02 Å². The molecule has 1 aromatic rings. The van der Waals surface area contributed by atoms with Crippen molar-refractivity contribution in [1.29, 1.82) is 0 Å². The maximum absolute atomic E-state index is 11.3. The summed E-state index contributed by atoms with van der Waals surface area (Å²) in [6.45, 7) is 0. The average molecular weight is 323 g/mol. The van der Waals surface area contributed by atoms with E-state index in [9.17, 15) is 4.79 Å². The second-order valence-electron chi connectivity index (χ2n) is 4.45. The van der Waals surface area contributed by atoms with Crippen LogP contribution in [0.25, 0.3) is 0 Å². The number of ether oxygens (including phenoxy) is 2. The number of rotatable bonds is 3. The van der Waals surface area contributed by atoms with Gasteiger partial charge in [0.2, 0.25) is 0 Å². The van der Waals surface area contributed by atoms with Crippen molar-refractivity contribution in [3.8, 4) is 11.5 Å². The van der Waals surface area contributed by atoms with Crippen LogP contribution >= 0.6 is 20.8 Å². The Morgan fingerprint density at radius 3 is 2.14 bits per heavy atom. The van der Waals surface area contributed by atoms with Crippen LogP contribution in [0.3, 0.4) is 0 Å². The van der Waals surface area contributed by atoms with Gasteiger partial charge in [0.05, 0.1) is 19.2 Å². The summed E-state index contributed by atoms with van der Waals surface area (Å²) in [4.78, 5) is 11.3. The Morgan fingerprint density at radius 2 is 1.81 bits per heavy atom. The molecule has 0 spiro atoms. The molecule has 0 saturated heterocycles. The summed E-state index contributed by atoms with van der Waals surface area (Å²) in [5.74, 6) is 0.789. The number of hydrogen-bond acceptors (Lipinski definition) is 3. The smallest absolute Gasteiger partial charge is 0.496 e. The summed E-state index contributed by atoms with van der Waals surface area (Å²) in [6, 6.07) is 3.25. The van der Waals surface area contributed by atoms with Crippen molar-refractivity contribution in [3.05, 3.63) is 29.1 Å². The van der Waals surface area contributed by atoms with Crippen molar-refractivity contribution in [3.63, 3.8) is 0 Å². The number of hydrogen-bond donors (Lipinski definition) is 0. The molecule has 0 heterocycles. The first kappa shape index (κ1) is 20.8. The number of methoxy groups -OCH3 is 2. The number of carbonyl (C=O) groups is 1. The monoisotopic (exact) mass is 322 g/mol. The number of carbonyl (C=O) groups excluding carboxylic acids is 1. The van der Waals surface area contributed by atoms with E-state index in [2.05, 4.69) is 15.7 Å². The second-order valence-corrected chi connectivity index (χ2v) is 5.38. The van der Waals surface area contributed by atoms with Gasteiger partial charge in [0.15, 0.2) is 11.3 Å². The zero-order valence-corrected chi connectivity index (χ0v) is 14.9. The third kappa shape index (κ3) is 6.62. The molecule has 0 bridgehead atoms. The molecule has 0 amide bonds. The van der Waals surface area contributed by atoms with Crippen LogP contribution in [0.5, 0.6) is 11.5 Å². The second kappa shape index (κ2) is 11.4. The first-order chi connectivity index (χ1) is 9.61. The van der Waals surface area contributed by atoms with Crippen molar-refractivity contribution in [2.45, 2.75) is 32.1 Å². The predicted molar refractivity (Wildman–Crippen MR) is 86.0 cm³/mol. The van der Waals surface area contributed by atoms with Crippen LogP contribution in [0.15, 0.2) is 12.1 Å². The Bertz CT molecular complexity index is 439. The Morgan fingerprint density at radius 1 is 1.19 bits per heavy atom. The molecule has 0 N–H and O–H groups in total. The molecule has 1 atom stereocenters. The average Bonchev–Trinajstić information content (AvgIpc) is 2.49. The summed E-state index contributed by atoms with van der Waals surface area (Å²) in [5, 5.41) is 0.388. The van der Waals surface area contributed by atoms with Crippen molar-refractivity contribution in [1.82, 2.24) is 0 Å². The van der Waals surface area contributed by atoms with Crippen molar-refractivity contribution >= 4 is 26.4 Å². The van der Waals surface area contributed by atoms with E-state index < -0.39 is 0 Å². The minimum atomic E-state index is -0.221. The molecule has 21 heavy (non-hydrogen) atoms. The van der Waals surface area contributed by atoms with Crippen LogP contribution < -0.4 is 28.3 Å². The van der Waals surface area contributed by atoms with Gasteiger partial charge in [0.1, 0.15) is 11.3 Å². The zero-order chi connectivity index (χ0) is 15.0. The molecule has 6 heteroatoms. The molecule has 0 aliphatic heterocycles. The van der Waals surface area contributed by atoms with E-state index in [1.54, 1.807) is 12.1 Å². The largest absolute Gasteiger partial charge is 1.00 e. The Balaban J connectivity index is 0.000000480. The topological polar surface area (TPSA) is 35.5 Å². The molecule has 2 rings (SSSR count). The molecule has 0 radical (unpaired) electrons. The number of benzene rings is 1. The number of halogens is 1. The van der Waals surface area contributed by atoms with Crippen LogP contribution in [0, 0.1) is 6.42 Å². The minimum absolute atomic E-state index is 0.